The number of nitrogens with one attached hydrogen (secondary N) is 1. The molecule has 0 aromatic heterocycles. The number of benzene rings is 2. The Balaban J connectivity index is 1.35. The van der Waals surface area contributed by atoms with Crippen LogP contribution in [0.5, 0.6) is 11.5 Å². The minimum absolute atomic E-state index is 0.0384. The summed E-state index contributed by atoms with van der Waals surface area (Å²) in [6.07, 6.45) is 4.08. The van der Waals surface area contributed by atoms with Crippen LogP contribution < -0.4 is 10.1 Å². The molecule has 37 heavy (non-hydrogen) atoms. The first-order valence-electron chi connectivity index (χ1n) is 13.2. The molecular weight excluding hydrogens is 470 g/mol. The summed E-state index contributed by atoms with van der Waals surface area (Å²) >= 11 is 0. The van der Waals surface area contributed by atoms with Crippen molar-refractivity contribution in [3.05, 3.63) is 59.7 Å². The van der Waals surface area contributed by atoms with E-state index in [-0.39, 0.29) is 36.4 Å². The molecule has 3 aliphatic rings. The minimum atomic E-state index is -0.342. The van der Waals surface area contributed by atoms with Gasteiger partial charge in [-0.05, 0) is 67.0 Å². The number of carbonyl (C=O) groups is 3. The molecule has 2 heterocycles. The van der Waals surface area contributed by atoms with Crippen molar-refractivity contribution < 1.29 is 23.9 Å². The SMILES string of the molecule is CN1CC(=O)N[C@H]2CN(C(=O)CC3CC3)CC[C@H]2OCc2cccc(c2)Oc2cccc(c2)CCC1=O. The van der Waals surface area contributed by atoms with Gasteiger partial charge in [0.25, 0.3) is 0 Å². The third-order valence-corrected chi connectivity index (χ3v) is 7.34. The number of likely N-dealkylation sites (N-methyl/N-ethyl adjacent to an activating group) is 1. The third kappa shape index (κ3) is 6.89. The number of hydrogen-bond donors (Lipinski definition) is 1. The Labute approximate surface area is 217 Å². The average Bonchev–Trinajstić information content (AvgIpc) is 3.70. The predicted octanol–water partition coefficient (Wildman–Crippen LogP) is 3.29. The highest BCUT2D eigenvalue weighted by molar-refractivity contribution is 5.85. The van der Waals surface area contributed by atoms with E-state index in [1.54, 1.807) is 7.05 Å². The molecule has 5 rings (SSSR count). The van der Waals surface area contributed by atoms with Gasteiger partial charge in [0.05, 0.1) is 25.3 Å². The molecule has 2 atom stereocenters. The maximum Gasteiger partial charge on any atom is 0.239 e. The van der Waals surface area contributed by atoms with Crippen molar-refractivity contribution in [2.45, 2.75) is 57.3 Å². The second-order valence-electron chi connectivity index (χ2n) is 10.4. The molecule has 2 fully saturated rings. The van der Waals surface area contributed by atoms with E-state index < -0.39 is 0 Å². The third-order valence-electron chi connectivity index (χ3n) is 7.34. The fourth-order valence-corrected chi connectivity index (χ4v) is 4.99. The topological polar surface area (TPSA) is 88.2 Å². The van der Waals surface area contributed by atoms with Gasteiger partial charge >= 0.3 is 0 Å². The van der Waals surface area contributed by atoms with Crippen LogP contribution >= 0.6 is 0 Å². The second kappa shape index (κ2) is 11.3. The maximum absolute atomic E-state index is 13.0. The van der Waals surface area contributed by atoms with Crippen molar-refractivity contribution >= 4 is 17.7 Å². The Bertz CT molecular complexity index is 1150. The summed E-state index contributed by atoms with van der Waals surface area (Å²) in [6, 6.07) is 15.2. The number of piperidine rings is 1. The lowest BCUT2D eigenvalue weighted by Gasteiger charge is -2.39. The lowest BCUT2D eigenvalue weighted by Crippen LogP contribution is -2.58. The lowest BCUT2D eigenvalue weighted by atomic mass is 10.0. The van der Waals surface area contributed by atoms with Gasteiger partial charge in [-0.3, -0.25) is 14.4 Å². The van der Waals surface area contributed by atoms with Crippen LogP contribution in [0.15, 0.2) is 48.5 Å². The first-order chi connectivity index (χ1) is 17.9. The molecule has 1 N–H and O–H groups in total. The Morgan fingerprint density at radius 1 is 1.00 bits per heavy atom. The van der Waals surface area contributed by atoms with Gasteiger partial charge < -0.3 is 24.6 Å². The molecule has 0 radical (unpaired) electrons. The largest absolute Gasteiger partial charge is 0.457 e. The van der Waals surface area contributed by atoms with E-state index in [1.165, 1.54) is 4.90 Å². The van der Waals surface area contributed by atoms with Crippen molar-refractivity contribution in [2.24, 2.45) is 5.92 Å². The number of ether oxygens (including phenoxy) is 2. The zero-order valence-electron chi connectivity index (χ0n) is 21.4. The lowest BCUT2D eigenvalue weighted by molar-refractivity contribution is -0.139. The van der Waals surface area contributed by atoms with Gasteiger partial charge in [-0.2, -0.15) is 0 Å². The van der Waals surface area contributed by atoms with Crippen LogP contribution in [0, 0.1) is 5.92 Å². The molecule has 3 amide bonds. The fraction of sp³-hybridized carbons (Fsp3) is 0.483. The van der Waals surface area contributed by atoms with Gasteiger partial charge in [-0.15, -0.1) is 0 Å². The van der Waals surface area contributed by atoms with E-state index >= 15 is 0 Å². The van der Waals surface area contributed by atoms with Crippen molar-refractivity contribution in [1.82, 2.24) is 15.1 Å². The molecule has 196 valence electrons. The number of aryl methyl sites for hydroxylation is 1. The maximum atomic E-state index is 13.0. The molecule has 1 saturated heterocycles. The van der Waals surface area contributed by atoms with Crippen LogP contribution in [0.2, 0.25) is 0 Å². The van der Waals surface area contributed by atoms with Crippen LogP contribution in [0.1, 0.15) is 43.2 Å². The average molecular weight is 506 g/mol. The van der Waals surface area contributed by atoms with Gasteiger partial charge in [0.15, 0.2) is 0 Å². The summed E-state index contributed by atoms with van der Waals surface area (Å²) in [4.78, 5) is 41.8. The standard InChI is InChI=1S/C29H35N3O5/c1-31-18-27(33)30-25-17-32(29(35)16-21-8-9-21)13-12-26(25)36-19-22-5-3-7-24(15-22)37-23-6-2-4-20(14-23)10-11-28(31)34/h2-7,14-15,21,25-26H,8-13,16-19H2,1H3,(H,30,33)/t25-,26+/m0/s1. The van der Waals surface area contributed by atoms with E-state index in [2.05, 4.69) is 5.32 Å². The van der Waals surface area contributed by atoms with Crippen LogP contribution in [0.25, 0.3) is 0 Å². The molecule has 8 nitrogen and oxygen atoms in total. The number of fused-ring (bicyclic) bond motifs is 5. The number of nitrogens with zero attached hydrogens (tertiary/aromatic N) is 2. The van der Waals surface area contributed by atoms with Gasteiger partial charge in [-0.25, -0.2) is 0 Å². The predicted molar refractivity (Wildman–Crippen MR) is 138 cm³/mol. The quantitative estimate of drug-likeness (QED) is 0.677. The van der Waals surface area contributed by atoms with Crippen LogP contribution in [0.4, 0.5) is 0 Å². The van der Waals surface area contributed by atoms with Crippen molar-refractivity contribution in [1.29, 1.82) is 0 Å². The number of carbonyl (C=O) groups excluding carboxylic acids is 3. The van der Waals surface area contributed by atoms with E-state index in [0.717, 1.165) is 24.0 Å². The van der Waals surface area contributed by atoms with Gasteiger partial charge in [0.2, 0.25) is 17.7 Å². The highest BCUT2D eigenvalue weighted by atomic mass is 16.5. The monoisotopic (exact) mass is 505 g/mol. The number of hydrogen-bond acceptors (Lipinski definition) is 5. The van der Waals surface area contributed by atoms with E-state index in [0.29, 0.717) is 62.8 Å². The van der Waals surface area contributed by atoms with Gasteiger partial charge in [-0.1, -0.05) is 24.3 Å². The summed E-state index contributed by atoms with van der Waals surface area (Å²) in [5.74, 6) is 1.73. The molecule has 0 unspecified atom stereocenters. The van der Waals surface area contributed by atoms with Crippen molar-refractivity contribution in [3.63, 3.8) is 0 Å². The molecule has 4 bridgehead atoms. The zero-order valence-corrected chi connectivity index (χ0v) is 21.4. The fourth-order valence-electron chi connectivity index (χ4n) is 4.99. The molecule has 2 aromatic rings. The highest BCUT2D eigenvalue weighted by Crippen LogP contribution is 2.33. The van der Waals surface area contributed by atoms with Gasteiger partial charge in [0.1, 0.15) is 11.5 Å². The normalized spacial score (nSPS) is 23.3. The first-order valence-corrected chi connectivity index (χ1v) is 13.2. The van der Waals surface area contributed by atoms with E-state index in [1.807, 2.05) is 53.4 Å². The van der Waals surface area contributed by atoms with Crippen LogP contribution in [0.3, 0.4) is 0 Å². The Hall–Kier alpha value is -3.39. The summed E-state index contributed by atoms with van der Waals surface area (Å²) in [7, 11) is 1.65. The number of likely N-dealkylation sites (tertiary alicyclic amines) is 1. The zero-order chi connectivity index (χ0) is 25.8. The van der Waals surface area contributed by atoms with Crippen molar-refractivity contribution in [2.75, 3.05) is 26.7 Å². The first kappa shape index (κ1) is 25.3. The molecule has 2 aliphatic heterocycles. The highest BCUT2D eigenvalue weighted by Gasteiger charge is 2.35. The second-order valence-corrected chi connectivity index (χ2v) is 10.4. The van der Waals surface area contributed by atoms with E-state index in [4.69, 9.17) is 9.47 Å². The van der Waals surface area contributed by atoms with Gasteiger partial charge in [0, 0.05) is 33.0 Å². The number of rotatable bonds is 2. The Morgan fingerprint density at radius 2 is 1.73 bits per heavy atom. The smallest absolute Gasteiger partial charge is 0.239 e. The molecule has 1 aliphatic carbocycles. The summed E-state index contributed by atoms with van der Waals surface area (Å²) in [5, 5.41) is 3.06. The molecule has 0 spiro atoms. The Morgan fingerprint density at radius 3 is 2.49 bits per heavy atom. The van der Waals surface area contributed by atoms with Crippen LogP contribution in [-0.2, 0) is 32.1 Å². The summed E-state index contributed by atoms with van der Waals surface area (Å²) in [5.41, 5.74) is 1.96. The number of amides is 3. The molecule has 2 aromatic carbocycles. The van der Waals surface area contributed by atoms with Crippen LogP contribution in [-0.4, -0.2) is 66.3 Å². The molecule has 8 heteroatoms. The Kier molecular flexibility index (Phi) is 7.74. The minimum Gasteiger partial charge on any atom is -0.457 e. The summed E-state index contributed by atoms with van der Waals surface area (Å²) in [6.45, 7) is 1.35. The molecular formula is C29H35N3O5. The summed E-state index contributed by atoms with van der Waals surface area (Å²) < 4.78 is 12.4. The van der Waals surface area contributed by atoms with E-state index in [9.17, 15) is 14.4 Å². The molecule has 1 saturated carbocycles. The van der Waals surface area contributed by atoms with Crippen molar-refractivity contribution in [3.8, 4) is 11.5 Å².